The largest absolute Gasteiger partial charge is 0.313 e. The molecule has 3 heteroatoms. The second-order valence-corrected chi connectivity index (χ2v) is 6.46. The van der Waals surface area contributed by atoms with Crippen LogP contribution in [-0.2, 0) is 0 Å². The minimum atomic E-state index is 0.650. The number of rotatable bonds is 8. The molecule has 92 valence electrons. The predicted octanol–water partition coefficient (Wildman–Crippen LogP) is 4.25. The summed E-state index contributed by atoms with van der Waals surface area (Å²) in [6.07, 6.45) is 2.48. The zero-order valence-corrected chi connectivity index (χ0v) is 12.2. The van der Waals surface area contributed by atoms with Crippen molar-refractivity contribution in [1.29, 1.82) is 0 Å². The zero-order valence-electron chi connectivity index (χ0n) is 10.5. The van der Waals surface area contributed by atoms with Crippen LogP contribution in [0.15, 0.2) is 21.7 Å². The third-order valence-electron chi connectivity index (χ3n) is 2.89. The van der Waals surface area contributed by atoms with E-state index in [0.717, 1.165) is 12.5 Å². The molecule has 1 nitrogen and oxygen atoms in total. The Labute approximate surface area is 108 Å². The van der Waals surface area contributed by atoms with E-state index in [0.29, 0.717) is 6.04 Å². The lowest BCUT2D eigenvalue weighted by molar-refractivity contribution is 0.397. The number of thiophene rings is 1. The van der Waals surface area contributed by atoms with Crippen LogP contribution >= 0.6 is 23.1 Å². The van der Waals surface area contributed by atoms with Crippen molar-refractivity contribution in [2.45, 2.75) is 43.9 Å². The fourth-order valence-electron chi connectivity index (χ4n) is 1.56. The van der Waals surface area contributed by atoms with Crippen molar-refractivity contribution >= 4 is 23.1 Å². The molecule has 0 radical (unpaired) electrons. The molecule has 1 rings (SSSR count). The molecule has 0 amide bonds. The fraction of sp³-hybridized carbons (Fsp3) is 0.692. The molecule has 2 unspecified atom stereocenters. The predicted molar refractivity (Wildman–Crippen MR) is 76.6 cm³/mol. The van der Waals surface area contributed by atoms with Crippen LogP contribution in [0.1, 0.15) is 33.6 Å². The normalized spacial score (nSPS) is 14.9. The quantitative estimate of drug-likeness (QED) is 0.699. The third-order valence-corrected chi connectivity index (χ3v) is 5.14. The molecule has 1 aromatic heterocycles. The van der Waals surface area contributed by atoms with Gasteiger partial charge >= 0.3 is 0 Å². The molecule has 0 fully saturated rings. The molecule has 0 saturated heterocycles. The van der Waals surface area contributed by atoms with Gasteiger partial charge in [0.15, 0.2) is 0 Å². The molecule has 0 bridgehead atoms. The molecule has 1 N–H and O–H groups in total. The first-order chi connectivity index (χ1) is 7.77. The lowest BCUT2D eigenvalue weighted by atomic mass is 10.0. The first-order valence-corrected chi connectivity index (χ1v) is 8.04. The van der Waals surface area contributed by atoms with E-state index in [4.69, 9.17) is 0 Å². The van der Waals surface area contributed by atoms with E-state index in [-0.39, 0.29) is 0 Å². The van der Waals surface area contributed by atoms with Gasteiger partial charge in [-0.15, -0.1) is 23.1 Å². The second kappa shape index (κ2) is 8.15. The molecule has 2 atom stereocenters. The summed E-state index contributed by atoms with van der Waals surface area (Å²) in [6, 6.07) is 4.99. The van der Waals surface area contributed by atoms with Crippen LogP contribution in [0.3, 0.4) is 0 Å². The highest BCUT2D eigenvalue weighted by molar-refractivity contribution is 8.01. The molecule has 0 spiro atoms. The van der Waals surface area contributed by atoms with Gasteiger partial charge < -0.3 is 5.32 Å². The van der Waals surface area contributed by atoms with E-state index in [2.05, 4.69) is 43.6 Å². The van der Waals surface area contributed by atoms with E-state index in [1.165, 1.54) is 22.8 Å². The highest BCUT2D eigenvalue weighted by Crippen LogP contribution is 2.25. The van der Waals surface area contributed by atoms with Crippen molar-refractivity contribution in [3.05, 3.63) is 17.5 Å². The van der Waals surface area contributed by atoms with Gasteiger partial charge in [-0.1, -0.05) is 33.3 Å². The summed E-state index contributed by atoms with van der Waals surface area (Å²) < 4.78 is 1.44. The second-order valence-electron chi connectivity index (χ2n) is 4.19. The number of nitrogens with one attached hydrogen (secondary N) is 1. The molecule has 0 aliphatic rings. The Morgan fingerprint density at radius 3 is 2.81 bits per heavy atom. The molecule has 0 aromatic carbocycles. The average Bonchev–Trinajstić information content (AvgIpc) is 2.81. The first-order valence-electron chi connectivity index (χ1n) is 6.17. The topological polar surface area (TPSA) is 12.0 Å². The van der Waals surface area contributed by atoms with E-state index >= 15 is 0 Å². The Balaban J connectivity index is 2.37. The van der Waals surface area contributed by atoms with Crippen molar-refractivity contribution < 1.29 is 0 Å². The summed E-state index contributed by atoms with van der Waals surface area (Å²) in [7, 11) is 0. The summed E-state index contributed by atoms with van der Waals surface area (Å²) in [5.74, 6) is 1.95. The maximum absolute atomic E-state index is 3.67. The molecular formula is C13H23NS2. The van der Waals surface area contributed by atoms with Gasteiger partial charge in [-0.3, -0.25) is 0 Å². The highest BCUT2D eigenvalue weighted by atomic mass is 32.2. The van der Waals surface area contributed by atoms with E-state index < -0.39 is 0 Å². The van der Waals surface area contributed by atoms with Crippen molar-refractivity contribution in [1.82, 2.24) is 5.32 Å². The minimum Gasteiger partial charge on any atom is -0.313 e. The molecule has 0 saturated carbocycles. The van der Waals surface area contributed by atoms with Crippen LogP contribution in [-0.4, -0.2) is 18.3 Å². The number of thioether (sulfide) groups is 1. The van der Waals surface area contributed by atoms with Gasteiger partial charge in [-0.25, -0.2) is 0 Å². The lowest BCUT2D eigenvalue weighted by Crippen LogP contribution is -2.37. The average molecular weight is 257 g/mol. The maximum atomic E-state index is 3.67. The Kier molecular flexibility index (Phi) is 7.17. The van der Waals surface area contributed by atoms with Gasteiger partial charge in [0.05, 0.1) is 4.21 Å². The minimum absolute atomic E-state index is 0.650. The van der Waals surface area contributed by atoms with Crippen LogP contribution in [0.4, 0.5) is 0 Å². The van der Waals surface area contributed by atoms with Crippen LogP contribution < -0.4 is 5.32 Å². The molecule has 0 aliphatic heterocycles. The van der Waals surface area contributed by atoms with E-state index in [9.17, 15) is 0 Å². The third kappa shape index (κ3) is 4.89. The standard InChI is InChI=1S/C13H23NS2/c1-4-8-14-12(11(3)5-2)10-16-13-7-6-9-15-13/h6-7,9,11-12,14H,4-5,8,10H2,1-3H3. The van der Waals surface area contributed by atoms with Crippen LogP contribution in [0, 0.1) is 5.92 Å². The fourth-order valence-corrected chi connectivity index (χ4v) is 3.61. The Morgan fingerprint density at radius 1 is 1.44 bits per heavy atom. The van der Waals surface area contributed by atoms with Gasteiger partial charge in [-0.05, 0) is 30.3 Å². The monoisotopic (exact) mass is 257 g/mol. The van der Waals surface area contributed by atoms with Crippen LogP contribution in [0.5, 0.6) is 0 Å². The summed E-state index contributed by atoms with van der Waals surface area (Å²) in [4.78, 5) is 0. The van der Waals surface area contributed by atoms with Crippen molar-refractivity contribution in [2.24, 2.45) is 5.92 Å². The van der Waals surface area contributed by atoms with Gasteiger partial charge in [0.1, 0.15) is 0 Å². The van der Waals surface area contributed by atoms with E-state index in [1.54, 1.807) is 0 Å². The number of hydrogen-bond acceptors (Lipinski definition) is 3. The van der Waals surface area contributed by atoms with Crippen LogP contribution in [0.25, 0.3) is 0 Å². The smallest absolute Gasteiger partial charge is 0.0599 e. The summed E-state index contributed by atoms with van der Waals surface area (Å²) >= 11 is 3.83. The van der Waals surface area contributed by atoms with Gasteiger partial charge in [0.2, 0.25) is 0 Å². The lowest BCUT2D eigenvalue weighted by Gasteiger charge is -2.23. The molecule has 1 aromatic rings. The van der Waals surface area contributed by atoms with Crippen molar-refractivity contribution in [2.75, 3.05) is 12.3 Å². The number of hydrogen-bond donors (Lipinski definition) is 1. The van der Waals surface area contributed by atoms with Gasteiger partial charge in [-0.2, -0.15) is 0 Å². The summed E-state index contributed by atoms with van der Waals surface area (Å²) in [5, 5.41) is 5.82. The SMILES string of the molecule is CCCNC(CSc1cccs1)C(C)CC. The Bertz CT molecular complexity index is 259. The van der Waals surface area contributed by atoms with Crippen LogP contribution in [0.2, 0.25) is 0 Å². The zero-order chi connectivity index (χ0) is 11.8. The summed E-state index contributed by atoms with van der Waals surface area (Å²) in [5.41, 5.74) is 0. The Morgan fingerprint density at radius 2 is 2.25 bits per heavy atom. The molecule has 16 heavy (non-hydrogen) atoms. The molecule has 1 heterocycles. The van der Waals surface area contributed by atoms with Gasteiger partial charge in [0, 0.05) is 11.8 Å². The Hall–Kier alpha value is 0.01000. The van der Waals surface area contributed by atoms with Crippen molar-refractivity contribution in [3.8, 4) is 0 Å². The summed E-state index contributed by atoms with van der Waals surface area (Å²) in [6.45, 7) is 8.00. The van der Waals surface area contributed by atoms with Gasteiger partial charge in [0.25, 0.3) is 0 Å². The first kappa shape index (κ1) is 14.1. The molecule has 0 aliphatic carbocycles. The highest BCUT2D eigenvalue weighted by Gasteiger charge is 2.15. The molecular weight excluding hydrogens is 234 g/mol. The van der Waals surface area contributed by atoms with E-state index in [1.807, 2.05) is 23.1 Å². The maximum Gasteiger partial charge on any atom is 0.0599 e. The van der Waals surface area contributed by atoms with Crippen molar-refractivity contribution in [3.63, 3.8) is 0 Å².